The second kappa shape index (κ2) is 9.11. The summed E-state index contributed by atoms with van der Waals surface area (Å²) in [6, 6.07) is 17.8. The number of rotatable bonds is 7. The van der Waals surface area contributed by atoms with E-state index in [0.29, 0.717) is 0 Å². The molecule has 0 fully saturated rings. The van der Waals surface area contributed by atoms with E-state index in [9.17, 15) is 20.4 Å². The van der Waals surface area contributed by atoms with Crippen molar-refractivity contribution in [1.29, 1.82) is 0 Å². The molecule has 0 unspecified atom stereocenters. The fourth-order valence-electron chi connectivity index (χ4n) is 4.23. The second-order valence-electron chi connectivity index (χ2n) is 8.21. The highest BCUT2D eigenvalue weighted by atomic mass is 16.3. The molecule has 0 saturated heterocycles. The van der Waals surface area contributed by atoms with Gasteiger partial charge in [-0.25, -0.2) is 0 Å². The van der Waals surface area contributed by atoms with Crippen LogP contribution in [0.3, 0.4) is 0 Å². The highest BCUT2D eigenvalue weighted by molar-refractivity contribution is 5.54. The molecule has 3 rings (SSSR count). The van der Waals surface area contributed by atoms with Crippen molar-refractivity contribution in [3.05, 3.63) is 105 Å². The van der Waals surface area contributed by atoms with Crippen molar-refractivity contribution in [2.75, 3.05) is 0 Å². The molecular weight excluding hydrogens is 376 g/mol. The number of hydrogen-bond donors (Lipinski definition) is 4. The minimum Gasteiger partial charge on any atom is -0.392 e. The van der Waals surface area contributed by atoms with Gasteiger partial charge >= 0.3 is 0 Å². The van der Waals surface area contributed by atoms with Crippen LogP contribution >= 0.6 is 0 Å². The largest absolute Gasteiger partial charge is 0.392 e. The van der Waals surface area contributed by atoms with E-state index >= 15 is 0 Å². The number of aliphatic hydroxyl groups is 4. The zero-order valence-corrected chi connectivity index (χ0v) is 17.8. The van der Waals surface area contributed by atoms with Gasteiger partial charge in [0, 0.05) is 5.41 Å². The summed E-state index contributed by atoms with van der Waals surface area (Å²) in [5.74, 6) is 0. The Morgan fingerprint density at radius 1 is 0.500 bits per heavy atom. The lowest BCUT2D eigenvalue weighted by Crippen LogP contribution is -2.27. The van der Waals surface area contributed by atoms with Crippen molar-refractivity contribution in [2.45, 2.75) is 52.6 Å². The zero-order chi connectivity index (χ0) is 21.9. The quantitative estimate of drug-likeness (QED) is 0.452. The SMILES string of the molecule is Cc1cc(C)cc(C(C)(c2cc(CO)cc(CO)c2)c2cc(CO)cc(CO)c2)c1. The normalized spacial score (nSPS) is 11.7. The van der Waals surface area contributed by atoms with Gasteiger partial charge in [-0.1, -0.05) is 65.7 Å². The Labute approximate surface area is 178 Å². The zero-order valence-electron chi connectivity index (χ0n) is 17.8. The smallest absolute Gasteiger partial charge is 0.0682 e. The van der Waals surface area contributed by atoms with E-state index in [0.717, 1.165) is 50.1 Å². The Hall–Kier alpha value is -2.50. The van der Waals surface area contributed by atoms with Gasteiger partial charge in [-0.15, -0.1) is 0 Å². The summed E-state index contributed by atoms with van der Waals surface area (Å²) in [5.41, 5.74) is 7.50. The van der Waals surface area contributed by atoms with Crippen LogP contribution in [-0.4, -0.2) is 20.4 Å². The lowest BCUT2D eigenvalue weighted by atomic mass is 9.69. The van der Waals surface area contributed by atoms with E-state index in [1.165, 1.54) is 0 Å². The third-order valence-corrected chi connectivity index (χ3v) is 5.79. The fourth-order valence-corrected chi connectivity index (χ4v) is 4.23. The van der Waals surface area contributed by atoms with Gasteiger partial charge in [-0.2, -0.15) is 0 Å². The van der Waals surface area contributed by atoms with Crippen LogP contribution in [0.2, 0.25) is 0 Å². The van der Waals surface area contributed by atoms with Crippen molar-refractivity contribution >= 4 is 0 Å². The topological polar surface area (TPSA) is 80.9 Å². The van der Waals surface area contributed by atoms with E-state index in [2.05, 4.69) is 39.0 Å². The molecule has 4 nitrogen and oxygen atoms in total. The summed E-state index contributed by atoms with van der Waals surface area (Å²) in [4.78, 5) is 0. The van der Waals surface area contributed by atoms with Crippen LogP contribution in [0.25, 0.3) is 0 Å². The van der Waals surface area contributed by atoms with Gasteiger partial charge in [0.25, 0.3) is 0 Å². The molecule has 0 bridgehead atoms. The van der Waals surface area contributed by atoms with Gasteiger partial charge < -0.3 is 20.4 Å². The van der Waals surface area contributed by atoms with Crippen LogP contribution in [0, 0.1) is 13.8 Å². The summed E-state index contributed by atoms with van der Waals surface area (Å²) >= 11 is 0. The van der Waals surface area contributed by atoms with Gasteiger partial charge in [-0.3, -0.25) is 0 Å². The Bertz CT molecular complexity index is 919. The molecule has 0 aliphatic heterocycles. The van der Waals surface area contributed by atoms with Gasteiger partial charge in [0.2, 0.25) is 0 Å². The first-order chi connectivity index (χ1) is 14.3. The van der Waals surface area contributed by atoms with Crippen molar-refractivity contribution in [3.8, 4) is 0 Å². The first-order valence-corrected chi connectivity index (χ1v) is 10.1. The first kappa shape index (κ1) is 22.2. The number of aliphatic hydroxyl groups excluding tert-OH is 4. The van der Waals surface area contributed by atoms with E-state index in [-0.39, 0.29) is 26.4 Å². The lowest BCUT2D eigenvalue weighted by Gasteiger charge is -2.34. The molecule has 3 aromatic carbocycles. The molecule has 0 heterocycles. The van der Waals surface area contributed by atoms with Gasteiger partial charge in [0.1, 0.15) is 0 Å². The van der Waals surface area contributed by atoms with Crippen molar-refractivity contribution in [2.24, 2.45) is 0 Å². The predicted octanol–water partition coefficient (Wildman–Crippen LogP) is 3.63. The summed E-state index contributed by atoms with van der Waals surface area (Å²) < 4.78 is 0. The molecule has 0 spiro atoms. The van der Waals surface area contributed by atoms with Crippen LogP contribution in [0.15, 0.2) is 54.6 Å². The number of benzene rings is 3. The van der Waals surface area contributed by atoms with Crippen molar-refractivity contribution < 1.29 is 20.4 Å². The van der Waals surface area contributed by atoms with Gasteiger partial charge in [0.05, 0.1) is 26.4 Å². The molecule has 0 atom stereocenters. The molecule has 30 heavy (non-hydrogen) atoms. The minimum absolute atomic E-state index is 0.123. The molecule has 4 heteroatoms. The van der Waals surface area contributed by atoms with Crippen molar-refractivity contribution in [1.82, 2.24) is 0 Å². The predicted molar refractivity (Wildman–Crippen MR) is 118 cm³/mol. The highest BCUT2D eigenvalue weighted by Crippen LogP contribution is 2.41. The fraction of sp³-hybridized carbons (Fsp3) is 0.308. The molecule has 0 aliphatic rings. The Kier molecular flexibility index (Phi) is 6.74. The van der Waals surface area contributed by atoms with Crippen LogP contribution in [0.4, 0.5) is 0 Å². The lowest BCUT2D eigenvalue weighted by molar-refractivity contribution is 0.275. The molecule has 0 aromatic heterocycles. The molecule has 158 valence electrons. The maximum absolute atomic E-state index is 9.79. The Balaban J connectivity index is 2.38. The third kappa shape index (κ3) is 4.32. The molecule has 4 N–H and O–H groups in total. The van der Waals surface area contributed by atoms with Crippen LogP contribution in [0.1, 0.15) is 57.0 Å². The number of aryl methyl sites for hydroxylation is 2. The summed E-state index contributed by atoms with van der Waals surface area (Å²) in [5, 5.41) is 39.2. The second-order valence-corrected chi connectivity index (χ2v) is 8.21. The van der Waals surface area contributed by atoms with Gasteiger partial charge in [-0.05, 0) is 59.7 Å². The third-order valence-electron chi connectivity index (χ3n) is 5.79. The van der Waals surface area contributed by atoms with E-state index in [1.54, 1.807) is 12.1 Å². The Morgan fingerprint density at radius 2 is 0.800 bits per heavy atom. The summed E-state index contributed by atoms with van der Waals surface area (Å²) in [7, 11) is 0. The standard InChI is InChI=1S/C26H30O4/c1-17-4-18(2)6-23(5-17)26(3,24-9-19(13-27)7-20(10-24)14-28)25-11-21(15-29)8-22(12-25)16-30/h4-12,27-30H,13-16H2,1-3H3. The van der Waals surface area contributed by atoms with Crippen molar-refractivity contribution in [3.63, 3.8) is 0 Å². The first-order valence-electron chi connectivity index (χ1n) is 10.1. The molecule has 3 aromatic rings. The maximum atomic E-state index is 9.79. The minimum atomic E-state index is -0.624. The molecular formula is C26H30O4. The molecule has 0 aliphatic carbocycles. The average molecular weight is 407 g/mol. The van der Waals surface area contributed by atoms with E-state index in [4.69, 9.17) is 0 Å². The van der Waals surface area contributed by atoms with Gasteiger partial charge in [0.15, 0.2) is 0 Å². The van der Waals surface area contributed by atoms with E-state index < -0.39 is 5.41 Å². The molecule has 0 saturated carbocycles. The van der Waals surface area contributed by atoms with Crippen LogP contribution in [0.5, 0.6) is 0 Å². The maximum Gasteiger partial charge on any atom is 0.0682 e. The monoisotopic (exact) mass is 406 g/mol. The highest BCUT2D eigenvalue weighted by Gasteiger charge is 2.33. The average Bonchev–Trinajstić information content (AvgIpc) is 2.76. The van der Waals surface area contributed by atoms with E-state index in [1.807, 2.05) is 24.3 Å². The Morgan fingerprint density at radius 3 is 1.10 bits per heavy atom. The summed E-state index contributed by atoms with van der Waals surface area (Å²) in [6.45, 7) is 5.73. The molecule has 0 amide bonds. The molecule has 0 radical (unpaired) electrons. The summed E-state index contributed by atoms with van der Waals surface area (Å²) in [6.07, 6.45) is 0. The van der Waals surface area contributed by atoms with Crippen LogP contribution in [-0.2, 0) is 31.8 Å². The number of hydrogen-bond acceptors (Lipinski definition) is 4. The van der Waals surface area contributed by atoms with Crippen LogP contribution < -0.4 is 0 Å².